The molecular formula is C6H10N2O2. The molecule has 0 aromatic rings. The van der Waals surface area contributed by atoms with Crippen LogP contribution in [0.4, 0.5) is 0 Å². The molecule has 4 heteroatoms. The Labute approximate surface area is 58.9 Å². The molecule has 1 aliphatic heterocycles. The molecule has 1 aliphatic rings. The lowest BCUT2D eigenvalue weighted by atomic mass is 10.3. The highest BCUT2D eigenvalue weighted by Crippen LogP contribution is 2.10. The van der Waals surface area contributed by atoms with Gasteiger partial charge < -0.3 is 15.7 Å². The van der Waals surface area contributed by atoms with Crippen molar-refractivity contribution in [2.75, 3.05) is 13.6 Å². The van der Waals surface area contributed by atoms with Crippen molar-refractivity contribution in [1.82, 2.24) is 4.90 Å². The molecule has 1 rings (SSSR count). The Kier molecular flexibility index (Phi) is 1.63. The standard InChI is InChI=1S/C6H10N2O2/c1-8-3-4(7)2-5(8)6(9)10/h2,4H,3,7H2,1H3,(H,9,10). The van der Waals surface area contributed by atoms with Crippen LogP contribution in [0.3, 0.4) is 0 Å². The van der Waals surface area contributed by atoms with Gasteiger partial charge in [-0.05, 0) is 6.08 Å². The van der Waals surface area contributed by atoms with Crippen molar-refractivity contribution < 1.29 is 9.90 Å². The number of likely N-dealkylation sites (N-methyl/N-ethyl adjacent to an activating group) is 1. The minimum Gasteiger partial charge on any atom is -0.477 e. The molecule has 0 amide bonds. The summed E-state index contributed by atoms with van der Waals surface area (Å²) in [6.45, 7) is 0.599. The molecule has 0 radical (unpaired) electrons. The van der Waals surface area contributed by atoms with Gasteiger partial charge in [0.05, 0.1) is 0 Å². The van der Waals surface area contributed by atoms with Gasteiger partial charge in [-0.1, -0.05) is 0 Å². The number of nitrogens with two attached hydrogens (primary N) is 1. The summed E-state index contributed by atoms with van der Waals surface area (Å²) in [7, 11) is 1.72. The van der Waals surface area contributed by atoms with Crippen LogP contribution in [0, 0.1) is 0 Å². The van der Waals surface area contributed by atoms with Crippen LogP contribution in [-0.4, -0.2) is 35.6 Å². The van der Waals surface area contributed by atoms with Crippen molar-refractivity contribution in [2.24, 2.45) is 5.73 Å². The fourth-order valence-corrected chi connectivity index (χ4v) is 1.03. The summed E-state index contributed by atoms with van der Waals surface area (Å²) in [5, 5.41) is 8.54. The highest BCUT2D eigenvalue weighted by atomic mass is 16.4. The lowest BCUT2D eigenvalue weighted by Gasteiger charge is -2.11. The van der Waals surface area contributed by atoms with Crippen molar-refractivity contribution in [3.05, 3.63) is 11.8 Å². The lowest BCUT2D eigenvalue weighted by Crippen LogP contribution is -2.26. The van der Waals surface area contributed by atoms with E-state index in [0.717, 1.165) is 0 Å². The van der Waals surface area contributed by atoms with Gasteiger partial charge in [-0.3, -0.25) is 0 Å². The quantitative estimate of drug-likeness (QED) is 0.504. The number of carboxylic acid groups (broad SMARTS) is 1. The molecule has 0 fully saturated rings. The molecule has 0 aromatic carbocycles. The third-order valence-corrected chi connectivity index (χ3v) is 1.49. The molecule has 4 nitrogen and oxygen atoms in total. The molecule has 1 heterocycles. The van der Waals surface area contributed by atoms with Crippen LogP contribution in [0.2, 0.25) is 0 Å². The van der Waals surface area contributed by atoms with E-state index in [2.05, 4.69) is 0 Å². The molecule has 56 valence electrons. The summed E-state index contributed by atoms with van der Waals surface area (Å²) < 4.78 is 0. The van der Waals surface area contributed by atoms with Crippen LogP contribution in [0.25, 0.3) is 0 Å². The van der Waals surface area contributed by atoms with Crippen LogP contribution in [0.5, 0.6) is 0 Å². The minimum atomic E-state index is -0.907. The van der Waals surface area contributed by atoms with E-state index in [1.54, 1.807) is 18.0 Å². The van der Waals surface area contributed by atoms with Gasteiger partial charge in [0.2, 0.25) is 0 Å². The topological polar surface area (TPSA) is 66.6 Å². The van der Waals surface area contributed by atoms with Gasteiger partial charge in [0.25, 0.3) is 0 Å². The molecule has 0 aliphatic carbocycles. The Bertz CT molecular complexity index is 188. The van der Waals surface area contributed by atoms with Gasteiger partial charge >= 0.3 is 5.97 Å². The number of rotatable bonds is 1. The molecule has 1 atom stereocenters. The van der Waals surface area contributed by atoms with Gasteiger partial charge in [-0.15, -0.1) is 0 Å². The third kappa shape index (κ3) is 1.11. The summed E-state index contributed by atoms with van der Waals surface area (Å²) in [4.78, 5) is 12.0. The van der Waals surface area contributed by atoms with Crippen LogP contribution in [0.1, 0.15) is 0 Å². The first-order valence-electron chi connectivity index (χ1n) is 3.03. The maximum absolute atomic E-state index is 10.4. The number of hydrogen-bond acceptors (Lipinski definition) is 3. The SMILES string of the molecule is CN1CC(N)C=C1C(=O)O. The normalized spacial score (nSPS) is 24.8. The molecule has 3 N–H and O–H groups in total. The molecule has 0 saturated heterocycles. The second-order valence-corrected chi connectivity index (χ2v) is 2.40. The number of hydrogen-bond donors (Lipinski definition) is 2. The van der Waals surface area contributed by atoms with E-state index in [1.165, 1.54) is 0 Å². The average molecular weight is 142 g/mol. The number of carbonyl (C=O) groups is 1. The lowest BCUT2D eigenvalue weighted by molar-refractivity contribution is -0.134. The van der Waals surface area contributed by atoms with Gasteiger partial charge in [-0.25, -0.2) is 4.79 Å². The number of aliphatic carboxylic acids is 1. The first-order chi connectivity index (χ1) is 4.61. The average Bonchev–Trinajstić information content (AvgIpc) is 2.10. The first kappa shape index (κ1) is 7.08. The zero-order valence-corrected chi connectivity index (χ0v) is 5.74. The third-order valence-electron chi connectivity index (χ3n) is 1.49. The number of carboxylic acids is 1. The highest BCUT2D eigenvalue weighted by Gasteiger charge is 2.21. The predicted octanol–water partition coefficient (Wildman–Crippen LogP) is -0.772. The van der Waals surface area contributed by atoms with Crippen LogP contribution in [-0.2, 0) is 4.79 Å². The maximum Gasteiger partial charge on any atom is 0.351 e. The maximum atomic E-state index is 10.4. The van der Waals surface area contributed by atoms with E-state index in [-0.39, 0.29) is 6.04 Å². The van der Waals surface area contributed by atoms with Gasteiger partial charge in [0, 0.05) is 19.6 Å². The first-order valence-corrected chi connectivity index (χ1v) is 3.03. The summed E-state index contributed by atoms with van der Waals surface area (Å²) in [6.07, 6.45) is 1.56. The fraction of sp³-hybridized carbons (Fsp3) is 0.500. The fourth-order valence-electron chi connectivity index (χ4n) is 1.03. The zero-order chi connectivity index (χ0) is 7.72. The van der Waals surface area contributed by atoms with E-state index >= 15 is 0 Å². The molecule has 0 saturated carbocycles. The largest absolute Gasteiger partial charge is 0.477 e. The van der Waals surface area contributed by atoms with Crippen molar-refractivity contribution in [2.45, 2.75) is 6.04 Å². The van der Waals surface area contributed by atoms with E-state index in [9.17, 15) is 4.79 Å². The highest BCUT2D eigenvalue weighted by molar-refractivity contribution is 5.86. The van der Waals surface area contributed by atoms with Crippen LogP contribution in [0.15, 0.2) is 11.8 Å². The van der Waals surface area contributed by atoms with E-state index in [4.69, 9.17) is 10.8 Å². The molecule has 0 spiro atoms. The zero-order valence-electron chi connectivity index (χ0n) is 5.74. The minimum absolute atomic E-state index is 0.129. The Balaban J connectivity index is 2.75. The second kappa shape index (κ2) is 2.30. The second-order valence-electron chi connectivity index (χ2n) is 2.40. The summed E-state index contributed by atoms with van der Waals surface area (Å²) in [5.41, 5.74) is 5.77. The summed E-state index contributed by atoms with van der Waals surface area (Å²) in [5.74, 6) is -0.907. The summed E-state index contributed by atoms with van der Waals surface area (Å²) in [6, 6.07) is -0.129. The van der Waals surface area contributed by atoms with Crippen molar-refractivity contribution in [1.29, 1.82) is 0 Å². The Morgan fingerprint density at radius 1 is 2.00 bits per heavy atom. The van der Waals surface area contributed by atoms with Gasteiger partial charge in [-0.2, -0.15) is 0 Å². The van der Waals surface area contributed by atoms with Crippen LogP contribution < -0.4 is 5.73 Å². The predicted molar refractivity (Wildman–Crippen MR) is 36.3 cm³/mol. The molecule has 10 heavy (non-hydrogen) atoms. The van der Waals surface area contributed by atoms with Crippen molar-refractivity contribution in [3.8, 4) is 0 Å². The Hall–Kier alpha value is -1.03. The molecule has 0 bridgehead atoms. The summed E-state index contributed by atoms with van der Waals surface area (Å²) >= 11 is 0. The van der Waals surface area contributed by atoms with Crippen molar-refractivity contribution >= 4 is 5.97 Å². The number of nitrogens with zero attached hydrogens (tertiary/aromatic N) is 1. The van der Waals surface area contributed by atoms with Gasteiger partial charge in [0.1, 0.15) is 5.70 Å². The molecule has 1 unspecified atom stereocenters. The smallest absolute Gasteiger partial charge is 0.351 e. The van der Waals surface area contributed by atoms with Gasteiger partial charge in [0.15, 0.2) is 0 Å². The van der Waals surface area contributed by atoms with E-state index in [1.807, 2.05) is 0 Å². The van der Waals surface area contributed by atoms with E-state index in [0.29, 0.717) is 12.2 Å². The van der Waals surface area contributed by atoms with E-state index < -0.39 is 5.97 Å². The Morgan fingerprint density at radius 2 is 2.60 bits per heavy atom. The molecule has 0 aromatic heterocycles. The van der Waals surface area contributed by atoms with Crippen molar-refractivity contribution in [3.63, 3.8) is 0 Å². The monoisotopic (exact) mass is 142 g/mol. The Morgan fingerprint density at radius 3 is 2.80 bits per heavy atom. The van der Waals surface area contributed by atoms with Crippen LogP contribution >= 0.6 is 0 Å². The molecular weight excluding hydrogens is 132 g/mol.